The number of carboxylic acid groups (broad SMARTS) is 1. The zero-order valence-electron chi connectivity index (χ0n) is 14.3. The van der Waals surface area contributed by atoms with E-state index < -0.39 is 23.1 Å². The first kappa shape index (κ1) is 18.7. The predicted octanol–water partition coefficient (Wildman–Crippen LogP) is 2.81. The Morgan fingerprint density at radius 2 is 1.86 bits per heavy atom. The van der Waals surface area contributed by atoms with Gasteiger partial charge in [-0.05, 0) is 59.8 Å². The molecule has 0 aromatic carbocycles. The Hall–Kier alpha value is -1.30. The SMILES string of the molecule is CC(C)OCCC(CNC(=O)OC(C)(C)C)(C(=O)O)C1CC1. The lowest BCUT2D eigenvalue weighted by atomic mass is 9.79. The lowest BCUT2D eigenvalue weighted by molar-refractivity contribution is -0.151. The third kappa shape index (κ3) is 5.83. The molecular formula is C16H29NO5. The fraction of sp³-hybridized carbons (Fsp3) is 0.875. The first-order chi connectivity index (χ1) is 10.1. The molecule has 0 radical (unpaired) electrons. The van der Waals surface area contributed by atoms with E-state index in [9.17, 15) is 14.7 Å². The molecule has 0 aliphatic heterocycles. The normalized spacial score (nSPS) is 17.9. The molecule has 0 spiro atoms. The fourth-order valence-electron chi connectivity index (χ4n) is 2.45. The summed E-state index contributed by atoms with van der Waals surface area (Å²) in [6.45, 7) is 9.59. The van der Waals surface area contributed by atoms with Crippen molar-refractivity contribution < 1.29 is 24.2 Å². The van der Waals surface area contributed by atoms with E-state index in [4.69, 9.17) is 9.47 Å². The highest BCUT2D eigenvalue weighted by Gasteiger charge is 2.51. The number of nitrogens with one attached hydrogen (secondary N) is 1. The number of amides is 1. The Balaban J connectivity index is 2.65. The fourth-order valence-corrected chi connectivity index (χ4v) is 2.45. The van der Waals surface area contributed by atoms with Gasteiger partial charge < -0.3 is 19.9 Å². The molecule has 1 rings (SSSR count). The maximum Gasteiger partial charge on any atom is 0.407 e. The molecule has 1 fully saturated rings. The molecule has 1 atom stereocenters. The van der Waals surface area contributed by atoms with Crippen LogP contribution in [0.15, 0.2) is 0 Å². The van der Waals surface area contributed by atoms with Crippen molar-refractivity contribution in [2.24, 2.45) is 11.3 Å². The summed E-state index contributed by atoms with van der Waals surface area (Å²) >= 11 is 0. The van der Waals surface area contributed by atoms with Gasteiger partial charge in [-0.2, -0.15) is 0 Å². The second-order valence-electron chi connectivity index (χ2n) is 7.26. The van der Waals surface area contributed by atoms with E-state index >= 15 is 0 Å². The summed E-state index contributed by atoms with van der Waals surface area (Å²) in [5.41, 5.74) is -1.57. The molecule has 1 saturated carbocycles. The van der Waals surface area contributed by atoms with E-state index in [-0.39, 0.29) is 18.6 Å². The molecular weight excluding hydrogens is 286 g/mol. The van der Waals surface area contributed by atoms with Crippen LogP contribution in [0.5, 0.6) is 0 Å². The number of rotatable bonds is 8. The van der Waals surface area contributed by atoms with Crippen molar-refractivity contribution in [1.29, 1.82) is 0 Å². The van der Waals surface area contributed by atoms with Gasteiger partial charge in [0.1, 0.15) is 5.60 Å². The number of aliphatic carboxylic acids is 1. The lowest BCUT2D eigenvalue weighted by Crippen LogP contribution is -2.46. The van der Waals surface area contributed by atoms with E-state index in [0.29, 0.717) is 13.0 Å². The highest BCUT2D eigenvalue weighted by Crippen LogP contribution is 2.48. The molecule has 0 bridgehead atoms. The van der Waals surface area contributed by atoms with Gasteiger partial charge in [0.2, 0.25) is 0 Å². The minimum Gasteiger partial charge on any atom is -0.481 e. The third-order valence-electron chi connectivity index (χ3n) is 3.73. The first-order valence-electron chi connectivity index (χ1n) is 7.89. The summed E-state index contributed by atoms with van der Waals surface area (Å²) in [5.74, 6) is -0.783. The van der Waals surface area contributed by atoms with E-state index in [2.05, 4.69) is 5.32 Å². The summed E-state index contributed by atoms with van der Waals surface area (Å²) in [5, 5.41) is 12.3. The first-order valence-corrected chi connectivity index (χ1v) is 7.89. The van der Waals surface area contributed by atoms with Gasteiger partial charge in [-0.15, -0.1) is 0 Å². The van der Waals surface area contributed by atoms with Gasteiger partial charge in [0.25, 0.3) is 0 Å². The summed E-state index contributed by atoms with van der Waals surface area (Å²) in [4.78, 5) is 23.6. The topological polar surface area (TPSA) is 84.9 Å². The Morgan fingerprint density at radius 1 is 1.27 bits per heavy atom. The molecule has 1 amide bonds. The van der Waals surface area contributed by atoms with E-state index in [0.717, 1.165) is 12.8 Å². The van der Waals surface area contributed by atoms with Gasteiger partial charge >= 0.3 is 12.1 Å². The molecule has 0 aromatic rings. The van der Waals surface area contributed by atoms with E-state index in [1.165, 1.54) is 0 Å². The Morgan fingerprint density at radius 3 is 2.27 bits per heavy atom. The summed E-state index contributed by atoms with van der Waals surface area (Å²) < 4.78 is 10.7. The number of carbonyl (C=O) groups is 2. The summed E-state index contributed by atoms with van der Waals surface area (Å²) in [7, 11) is 0. The van der Waals surface area contributed by atoms with Crippen LogP contribution in [-0.2, 0) is 14.3 Å². The molecule has 1 aliphatic carbocycles. The van der Waals surface area contributed by atoms with Crippen molar-refractivity contribution in [3.63, 3.8) is 0 Å². The van der Waals surface area contributed by atoms with Crippen LogP contribution in [0.2, 0.25) is 0 Å². The maximum absolute atomic E-state index is 11.8. The summed E-state index contributed by atoms with van der Waals surface area (Å²) in [6.07, 6.45) is 1.63. The standard InChI is InChI=1S/C16H29NO5/c1-11(2)21-9-8-16(13(18)19,12-6-7-12)10-17-14(20)22-15(3,4)5/h11-12H,6-10H2,1-5H3,(H,17,20)(H,18,19). The highest BCUT2D eigenvalue weighted by atomic mass is 16.6. The lowest BCUT2D eigenvalue weighted by Gasteiger charge is -2.30. The molecule has 0 heterocycles. The molecule has 128 valence electrons. The van der Waals surface area contributed by atoms with Gasteiger partial charge in [0.15, 0.2) is 0 Å². The van der Waals surface area contributed by atoms with Crippen molar-refractivity contribution >= 4 is 12.1 Å². The predicted molar refractivity (Wildman–Crippen MR) is 82.7 cm³/mol. The molecule has 1 unspecified atom stereocenters. The second kappa shape index (κ2) is 7.31. The molecule has 0 saturated heterocycles. The van der Waals surface area contributed by atoms with Crippen LogP contribution in [0.4, 0.5) is 4.79 Å². The Labute approximate surface area is 132 Å². The Kier molecular flexibility index (Phi) is 6.23. The van der Waals surface area contributed by atoms with Crippen molar-refractivity contribution in [1.82, 2.24) is 5.32 Å². The molecule has 6 nitrogen and oxygen atoms in total. The molecule has 0 aromatic heterocycles. The van der Waals surface area contributed by atoms with Gasteiger partial charge in [0.05, 0.1) is 11.5 Å². The number of ether oxygens (including phenoxy) is 2. The number of hydrogen-bond acceptors (Lipinski definition) is 4. The van der Waals surface area contributed by atoms with E-state index in [1.807, 2.05) is 13.8 Å². The molecule has 2 N–H and O–H groups in total. The minimum atomic E-state index is -0.966. The molecule has 22 heavy (non-hydrogen) atoms. The molecule has 6 heteroatoms. The second-order valence-corrected chi connectivity index (χ2v) is 7.26. The smallest absolute Gasteiger partial charge is 0.407 e. The Bertz CT molecular complexity index is 398. The quantitative estimate of drug-likeness (QED) is 0.719. The number of carboxylic acids is 1. The van der Waals surface area contributed by atoms with Crippen molar-refractivity contribution in [2.45, 2.75) is 65.6 Å². The zero-order chi connectivity index (χ0) is 17.0. The number of alkyl carbamates (subject to hydrolysis) is 1. The monoisotopic (exact) mass is 315 g/mol. The van der Waals surface area contributed by atoms with Crippen LogP contribution in [-0.4, -0.2) is 42.0 Å². The maximum atomic E-state index is 11.8. The zero-order valence-corrected chi connectivity index (χ0v) is 14.3. The van der Waals surface area contributed by atoms with Gasteiger partial charge in [-0.25, -0.2) is 4.79 Å². The van der Waals surface area contributed by atoms with E-state index in [1.54, 1.807) is 20.8 Å². The summed E-state index contributed by atoms with van der Waals surface area (Å²) in [6, 6.07) is 0. The largest absolute Gasteiger partial charge is 0.481 e. The highest BCUT2D eigenvalue weighted by molar-refractivity contribution is 5.77. The van der Waals surface area contributed by atoms with Crippen molar-refractivity contribution in [3.8, 4) is 0 Å². The van der Waals surface area contributed by atoms with Crippen LogP contribution >= 0.6 is 0 Å². The minimum absolute atomic E-state index is 0.0597. The third-order valence-corrected chi connectivity index (χ3v) is 3.73. The average molecular weight is 315 g/mol. The van der Waals surface area contributed by atoms with Crippen LogP contribution in [0.3, 0.4) is 0 Å². The van der Waals surface area contributed by atoms with Gasteiger partial charge in [-0.3, -0.25) is 4.79 Å². The van der Waals surface area contributed by atoms with Gasteiger partial charge in [-0.1, -0.05) is 0 Å². The van der Waals surface area contributed by atoms with Crippen LogP contribution in [0, 0.1) is 11.3 Å². The molecule has 1 aliphatic rings. The average Bonchev–Trinajstić information content (AvgIpc) is 3.14. The van der Waals surface area contributed by atoms with Gasteiger partial charge in [0, 0.05) is 13.2 Å². The number of carbonyl (C=O) groups excluding carboxylic acids is 1. The van der Waals surface area contributed by atoms with Crippen LogP contribution in [0.1, 0.15) is 53.9 Å². The number of hydrogen-bond donors (Lipinski definition) is 2. The van der Waals surface area contributed by atoms with Crippen molar-refractivity contribution in [2.75, 3.05) is 13.2 Å². The van der Waals surface area contributed by atoms with Crippen molar-refractivity contribution in [3.05, 3.63) is 0 Å². The van der Waals surface area contributed by atoms with Crippen LogP contribution in [0.25, 0.3) is 0 Å². The van der Waals surface area contributed by atoms with Crippen LogP contribution < -0.4 is 5.32 Å².